The summed E-state index contributed by atoms with van der Waals surface area (Å²) in [6, 6.07) is 11.5. The fourth-order valence-corrected chi connectivity index (χ4v) is 3.39. The summed E-state index contributed by atoms with van der Waals surface area (Å²) in [5.74, 6) is -0.195. The Morgan fingerprint density at radius 3 is 2.46 bits per heavy atom. The highest BCUT2D eigenvalue weighted by molar-refractivity contribution is 6.74. The Morgan fingerprint density at radius 2 is 1.96 bits per heavy atom. The van der Waals surface area contributed by atoms with Crippen molar-refractivity contribution in [1.82, 2.24) is 9.55 Å². The maximum Gasteiger partial charge on any atom is 0.350 e. The van der Waals surface area contributed by atoms with Crippen molar-refractivity contribution >= 4 is 14.1 Å². The van der Waals surface area contributed by atoms with Crippen LogP contribution in [-0.4, -0.2) is 22.8 Å². The van der Waals surface area contributed by atoms with Gasteiger partial charge in [0.2, 0.25) is 0 Å². The fraction of sp³-hybridized carbons (Fsp3) is 0.444. The van der Waals surface area contributed by atoms with Gasteiger partial charge in [-0.25, -0.2) is 9.55 Å². The van der Waals surface area contributed by atoms with Crippen molar-refractivity contribution < 1.29 is 9.35 Å². The van der Waals surface area contributed by atoms with Crippen molar-refractivity contribution in [2.75, 3.05) is 0 Å². The number of aromatic nitrogens is 2. The summed E-state index contributed by atoms with van der Waals surface area (Å²) in [7, 11) is -2.29. The van der Waals surface area contributed by atoms with Crippen LogP contribution in [0.5, 0.6) is 0 Å². The average Bonchev–Trinajstić information content (AvgIpc) is 2.96. The zero-order valence-corrected chi connectivity index (χ0v) is 16.8. The van der Waals surface area contributed by atoms with E-state index in [2.05, 4.69) is 31.8 Å². The highest BCUT2D eigenvalue weighted by Crippen LogP contribution is 2.40. The number of nitrogens with zero attached hydrogens (tertiary/aromatic N) is 4. The summed E-state index contributed by atoms with van der Waals surface area (Å²) in [6.07, 6.45) is 0.341. The lowest BCUT2D eigenvalue weighted by Gasteiger charge is -2.37. The number of imidazole rings is 1. The van der Waals surface area contributed by atoms with Crippen LogP contribution in [0, 0.1) is 21.4 Å². The molecule has 0 amide bonds. The van der Waals surface area contributed by atoms with Crippen LogP contribution in [0.3, 0.4) is 0 Å². The van der Waals surface area contributed by atoms with E-state index in [0.29, 0.717) is 6.54 Å². The monoisotopic (exact) mass is 372 g/mol. The molecular formula is C18H24N4O3Si. The Balaban J connectivity index is 2.39. The van der Waals surface area contributed by atoms with Crippen LogP contribution >= 0.6 is 0 Å². The average molecular weight is 373 g/mol. The van der Waals surface area contributed by atoms with Crippen LogP contribution in [0.4, 0.5) is 5.82 Å². The first-order valence-electron chi connectivity index (χ1n) is 8.37. The molecule has 0 fully saturated rings. The fourth-order valence-electron chi connectivity index (χ4n) is 2.29. The number of nitriles is 1. The number of hydrogen-bond donors (Lipinski definition) is 0. The maximum absolute atomic E-state index is 11.7. The molecule has 7 nitrogen and oxygen atoms in total. The third-order valence-corrected chi connectivity index (χ3v) is 9.23. The second-order valence-corrected chi connectivity index (χ2v) is 12.5. The molecule has 138 valence electrons. The summed E-state index contributed by atoms with van der Waals surface area (Å²) in [5, 5.41) is 21.1. The van der Waals surface area contributed by atoms with E-state index in [1.165, 1.54) is 10.9 Å². The van der Waals surface area contributed by atoms with Crippen molar-refractivity contribution in [2.45, 2.75) is 51.6 Å². The molecule has 0 saturated heterocycles. The third-order valence-electron chi connectivity index (χ3n) is 4.79. The van der Waals surface area contributed by atoms with Crippen LogP contribution in [0.25, 0.3) is 0 Å². The zero-order valence-electron chi connectivity index (χ0n) is 15.8. The minimum Gasteiger partial charge on any atom is -0.397 e. The summed E-state index contributed by atoms with van der Waals surface area (Å²) in [5.41, 5.74) is 0.983. The van der Waals surface area contributed by atoms with E-state index in [9.17, 15) is 15.4 Å². The van der Waals surface area contributed by atoms with Gasteiger partial charge in [0.1, 0.15) is 12.6 Å². The molecule has 0 N–H and O–H groups in total. The van der Waals surface area contributed by atoms with Gasteiger partial charge in [0.25, 0.3) is 0 Å². The second kappa shape index (κ2) is 7.39. The first-order chi connectivity index (χ1) is 12.1. The summed E-state index contributed by atoms with van der Waals surface area (Å²) < 4.78 is 7.54. The molecule has 0 aliphatic carbocycles. The van der Waals surface area contributed by atoms with E-state index < -0.39 is 19.3 Å². The Bertz CT molecular complexity index is 819. The van der Waals surface area contributed by atoms with E-state index in [0.717, 1.165) is 5.56 Å². The molecule has 2 aromatic rings. The van der Waals surface area contributed by atoms with Gasteiger partial charge >= 0.3 is 5.82 Å². The van der Waals surface area contributed by atoms with Crippen LogP contribution in [0.2, 0.25) is 18.1 Å². The molecule has 8 heteroatoms. The van der Waals surface area contributed by atoms with Crippen molar-refractivity contribution in [3.05, 3.63) is 58.0 Å². The highest BCUT2D eigenvalue weighted by atomic mass is 28.4. The first-order valence-corrected chi connectivity index (χ1v) is 11.3. The molecule has 1 aromatic carbocycles. The van der Waals surface area contributed by atoms with Gasteiger partial charge in [0, 0.05) is 0 Å². The molecule has 1 heterocycles. The van der Waals surface area contributed by atoms with Gasteiger partial charge in [-0.1, -0.05) is 51.1 Å². The summed E-state index contributed by atoms with van der Waals surface area (Å²) in [6.45, 7) is 10.5. The Kier molecular flexibility index (Phi) is 5.64. The molecule has 0 saturated carbocycles. The predicted molar refractivity (Wildman–Crippen MR) is 101 cm³/mol. The Hall–Kier alpha value is -2.50. The molecule has 0 spiro atoms. The van der Waals surface area contributed by atoms with Gasteiger partial charge in [-0.3, -0.25) is 0 Å². The standard InChI is InChI=1S/C18H24N4O3Si/c1-18(2,3)26(4,5)25-15(11-19)16-17(22(23)24)21(13-20-16)12-14-9-7-6-8-10-14/h6-10,13,15H,12H2,1-5H3. The number of hydrogen-bond acceptors (Lipinski definition) is 5. The second-order valence-electron chi connectivity index (χ2n) is 7.71. The number of rotatable bonds is 6. The topological polar surface area (TPSA) is 94.0 Å². The van der Waals surface area contributed by atoms with E-state index in [-0.39, 0.29) is 16.6 Å². The maximum atomic E-state index is 11.7. The predicted octanol–water partition coefficient (Wildman–Crippen LogP) is 4.43. The van der Waals surface area contributed by atoms with Gasteiger partial charge < -0.3 is 14.5 Å². The molecule has 0 aliphatic heterocycles. The van der Waals surface area contributed by atoms with Crippen LogP contribution in [0.1, 0.15) is 38.1 Å². The van der Waals surface area contributed by atoms with E-state index in [4.69, 9.17) is 4.43 Å². The van der Waals surface area contributed by atoms with Gasteiger partial charge in [0.15, 0.2) is 26.4 Å². The lowest BCUT2D eigenvalue weighted by molar-refractivity contribution is -0.393. The van der Waals surface area contributed by atoms with Crippen molar-refractivity contribution in [3.63, 3.8) is 0 Å². The lowest BCUT2D eigenvalue weighted by Crippen LogP contribution is -2.41. The quantitative estimate of drug-likeness (QED) is 0.425. The van der Waals surface area contributed by atoms with Crippen molar-refractivity contribution in [3.8, 4) is 6.07 Å². The minimum atomic E-state index is -2.29. The van der Waals surface area contributed by atoms with E-state index >= 15 is 0 Å². The highest BCUT2D eigenvalue weighted by Gasteiger charge is 2.42. The Labute approximate surface area is 154 Å². The van der Waals surface area contributed by atoms with Gasteiger partial charge in [-0.15, -0.1) is 0 Å². The van der Waals surface area contributed by atoms with E-state index in [1.54, 1.807) is 0 Å². The minimum absolute atomic E-state index is 0.0678. The molecule has 0 bridgehead atoms. The van der Waals surface area contributed by atoms with Crippen molar-refractivity contribution in [1.29, 1.82) is 5.26 Å². The van der Waals surface area contributed by atoms with Gasteiger partial charge in [0.05, 0.1) is 0 Å². The van der Waals surface area contributed by atoms with Crippen LogP contribution < -0.4 is 0 Å². The largest absolute Gasteiger partial charge is 0.397 e. The van der Waals surface area contributed by atoms with Crippen LogP contribution in [-0.2, 0) is 11.0 Å². The normalized spacial score (nSPS) is 13.2. The molecule has 26 heavy (non-hydrogen) atoms. The van der Waals surface area contributed by atoms with Crippen molar-refractivity contribution in [2.24, 2.45) is 0 Å². The molecule has 0 radical (unpaired) electrons. The van der Waals surface area contributed by atoms with Crippen LogP contribution in [0.15, 0.2) is 36.7 Å². The molecule has 2 rings (SSSR count). The molecular weight excluding hydrogens is 348 g/mol. The lowest BCUT2D eigenvalue weighted by atomic mass is 10.2. The van der Waals surface area contributed by atoms with Gasteiger partial charge in [-0.2, -0.15) is 5.26 Å². The zero-order chi connectivity index (χ0) is 19.5. The number of nitro groups is 1. The molecule has 0 aliphatic rings. The molecule has 1 aromatic heterocycles. The first kappa shape index (κ1) is 19.8. The SMILES string of the molecule is CC(C)(C)[Si](C)(C)OC(C#N)c1ncn(Cc2ccccc2)c1[N+](=O)[O-]. The van der Waals surface area contributed by atoms with Gasteiger partial charge in [-0.05, 0) is 28.6 Å². The molecule has 1 atom stereocenters. The third kappa shape index (κ3) is 4.18. The summed E-state index contributed by atoms with van der Waals surface area (Å²) in [4.78, 5) is 15.3. The smallest absolute Gasteiger partial charge is 0.350 e. The molecule has 1 unspecified atom stereocenters. The Morgan fingerprint density at radius 1 is 1.35 bits per heavy atom. The van der Waals surface area contributed by atoms with E-state index in [1.807, 2.05) is 43.4 Å². The number of benzene rings is 1. The summed E-state index contributed by atoms with van der Waals surface area (Å²) >= 11 is 0.